The average molecular weight is 270 g/mol. The van der Waals surface area contributed by atoms with Gasteiger partial charge in [-0.1, -0.05) is 12.1 Å². The van der Waals surface area contributed by atoms with Gasteiger partial charge in [-0.25, -0.2) is 0 Å². The molecule has 0 amide bonds. The van der Waals surface area contributed by atoms with Crippen LogP contribution in [0, 0.1) is 0 Å². The first-order valence-electron chi connectivity index (χ1n) is 6.54. The number of nitrogens with zero attached hydrogens (tertiary/aromatic N) is 1. The number of hydrogen-bond donors (Lipinski definition) is 1. The molecule has 1 atom stereocenters. The van der Waals surface area contributed by atoms with E-state index >= 15 is 0 Å². The van der Waals surface area contributed by atoms with Gasteiger partial charge in [0, 0.05) is 30.6 Å². The van der Waals surface area contributed by atoms with Gasteiger partial charge in [0.1, 0.15) is 6.17 Å². The van der Waals surface area contributed by atoms with Crippen molar-refractivity contribution < 1.29 is 9.47 Å². The lowest BCUT2D eigenvalue weighted by molar-refractivity contribution is 0.350. The van der Waals surface area contributed by atoms with Crippen molar-refractivity contribution in [2.75, 3.05) is 21.3 Å². The van der Waals surface area contributed by atoms with Crippen molar-refractivity contribution in [3.05, 3.63) is 53.9 Å². The van der Waals surface area contributed by atoms with Crippen molar-refractivity contribution in [1.29, 1.82) is 0 Å². The molecule has 2 aliphatic rings. The van der Waals surface area contributed by atoms with E-state index in [4.69, 9.17) is 9.47 Å². The summed E-state index contributed by atoms with van der Waals surface area (Å²) in [4.78, 5) is 2.15. The van der Waals surface area contributed by atoms with E-state index in [-0.39, 0.29) is 6.17 Å². The highest BCUT2D eigenvalue weighted by molar-refractivity contribution is 5.84. The zero-order chi connectivity index (χ0) is 14.1. The maximum Gasteiger partial charge on any atom is 0.161 e. The van der Waals surface area contributed by atoms with Gasteiger partial charge in [0.25, 0.3) is 0 Å². The topological polar surface area (TPSA) is 33.7 Å². The molecule has 1 aromatic rings. The molecule has 0 aliphatic carbocycles. The van der Waals surface area contributed by atoms with E-state index in [1.54, 1.807) is 14.2 Å². The molecule has 0 spiro atoms. The van der Waals surface area contributed by atoms with E-state index in [1.165, 1.54) is 11.1 Å². The summed E-state index contributed by atoms with van der Waals surface area (Å²) >= 11 is 0. The predicted molar refractivity (Wildman–Crippen MR) is 79.4 cm³/mol. The third-order valence-electron chi connectivity index (χ3n) is 3.69. The minimum atomic E-state index is 0.211. The van der Waals surface area contributed by atoms with Crippen LogP contribution in [0.1, 0.15) is 5.56 Å². The molecule has 1 aromatic carbocycles. The fourth-order valence-electron chi connectivity index (χ4n) is 2.62. The number of rotatable bonds is 3. The predicted octanol–water partition coefficient (Wildman–Crippen LogP) is 2.36. The van der Waals surface area contributed by atoms with Gasteiger partial charge >= 0.3 is 0 Å². The fraction of sp³-hybridized carbons (Fsp3) is 0.250. The quantitative estimate of drug-likeness (QED) is 0.914. The first-order valence-corrected chi connectivity index (χ1v) is 6.54. The number of ether oxygens (including phenoxy) is 2. The number of benzene rings is 1. The summed E-state index contributed by atoms with van der Waals surface area (Å²) in [6.07, 6.45) is 8.54. The second-order valence-corrected chi connectivity index (χ2v) is 4.83. The molecule has 0 fully saturated rings. The van der Waals surface area contributed by atoms with E-state index in [2.05, 4.69) is 47.9 Å². The summed E-state index contributed by atoms with van der Waals surface area (Å²) in [5, 5.41) is 3.40. The molecule has 104 valence electrons. The molecule has 0 radical (unpaired) electrons. The number of likely N-dealkylation sites (N-methyl/N-ethyl adjacent to an activating group) is 1. The average Bonchev–Trinajstić information content (AvgIpc) is 2.92. The van der Waals surface area contributed by atoms with Crippen molar-refractivity contribution in [2.24, 2.45) is 0 Å². The van der Waals surface area contributed by atoms with Gasteiger partial charge in [-0.3, -0.25) is 0 Å². The smallest absolute Gasteiger partial charge is 0.161 e. The molecular formula is C16H18N2O2. The Balaban J connectivity index is 1.98. The van der Waals surface area contributed by atoms with Crippen LogP contribution in [-0.4, -0.2) is 32.3 Å². The maximum atomic E-state index is 5.38. The van der Waals surface area contributed by atoms with Crippen molar-refractivity contribution >= 4 is 5.57 Å². The Labute approximate surface area is 119 Å². The summed E-state index contributed by atoms with van der Waals surface area (Å²) < 4.78 is 10.7. The van der Waals surface area contributed by atoms with Gasteiger partial charge < -0.3 is 19.7 Å². The van der Waals surface area contributed by atoms with Crippen molar-refractivity contribution in [2.45, 2.75) is 6.17 Å². The molecule has 2 heterocycles. The molecule has 4 heteroatoms. The van der Waals surface area contributed by atoms with E-state index < -0.39 is 0 Å². The first kappa shape index (κ1) is 12.7. The zero-order valence-electron chi connectivity index (χ0n) is 11.9. The third kappa shape index (κ3) is 1.93. The van der Waals surface area contributed by atoms with Crippen LogP contribution in [0.25, 0.3) is 5.57 Å². The van der Waals surface area contributed by atoms with Crippen LogP contribution in [0.4, 0.5) is 0 Å². The summed E-state index contributed by atoms with van der Waals surface area (Å²) in [5.41, 5.74) is 3.57. The molecule has 2 aliphatic heterocycles. The highest BCUT2D eigenvalue weighted by atomic mass is 16.5. The molecule has 4 nitrogen and oxygen atoms in total. The third-order valence-corrected chi connectivity index (χ3v) is 3.69. The van der Waals surface area contributed by atoms with Gasteiger partial charge in [0.2, 0.25) is 0 Å². The molecule has 3 rings (SSSR count). The van der Waals surface area contributed by atoms with Gasteiger partial charge in [-0.15, -0.1) is 0 Å². The second-order valence-electron chi connectivity index (χ2n) is 4.83. The number of nitrogens with one attached hydrogen (secondary N) is 1. The molecule has 20 heavy (non-hydrogen) atoms. The van der Waals surface area contributed by atoms with E-state index in [0.29, 0.717) is 0 Å². The Morgan fingerprint density at radius 3 is 2.70 bits per heavy atom. The van der Waals surface area contributed by atoms with Crippen LogP contribution in [0.15, 0.2) is 48.3 Å². The first-order chi connectivity index (χ1) is 9.74. The summed E-state index contributed by atoms with van der Waals surface area (Å²) in [5.74, 6) is 1.49. The monoisotopic (exact) mass is 270 g/mol. The Morgan fingerprint density at radius 1 is 1.15 bits per heavy atom. The van der Waals surface area contributed by atoms with Gasteiger partial charge in [0.15, 0.2) is 11.5 Å². The molecule has 0 saturated heterocycles. The molecular weight excluding hydrogens is 252 g/mol. The highest BCUT2D eigenvalue weighted by Gasteiger charge is 2.27. The Kier molecular flexibility index (Phi) is 3.14. The van der Waals surface area contributed by atoms with Crippen molar-refractivity contribution in [3.8, 4) is 11.5 Å². The van der Waals surface area contributed by atoms with Gasteiger partial charge in [0.05, 0.1) is 14.2 Å². The lowest BCUT2D eigenvalue weighted by atomic mass is 9.97. The van der Waals surface area contributed by atoms with Gasteiger partial charge in [-0.2, -0.15) is 0 Å². The lowest BCUT2D eigenvalue weighted by Crippen LogP contribution is -2.37. The van der Waals surface area contributed by atoms with E-state index in [0.717, 1.165) is 17.1 Å². The number of methoxy groups -OCH3 is 2. The number of hydrogen-bond acceptors (Lipinski definition) is 4. The van der Waals surface area contributed by atoms with Gasteiger partial charge in [-0.05, 0) is 23.8 Å². The van der Waals surface area contributed by atoms with Crippen LogP contribution in [-0.2, 0) is 0 Å². The van der Waals surface area contributed by atoms with Crippen LogP contribution >= 0.6 is 0 Å². The minimum absolute atomic E-state index is 0.211. The van der Waals surface area contributed by atoms with Crippen molar-refractivity contribution in [1.82, 2.24) is 10.2 Å². The van der Waals surface area contributed by atoms with E-state index in [9.17, 15) is 0 Å². The van der Waals surface area contributed by atoms with Crippen LogP contribution < -0.4 is 14.8 Å². The van der Waals surface area contributed by atoms with Crippen LogP contribution in [0.3, 0.4) is 0 Å². The van der Waals surface area contributed by atoms with Crippen molar-refractivity contribution in [3.63, 3.8) is 0 Å². The molecule has 0 bridgehead atoms. The number of allylic oxidation sites excluding steroid dienone is 2. The lowest BCUT2D eigenvalue weighted by Gasteiger charge is -2.27. The molecule has 0 saturated carbocycles. The SMILES string of the molecule is COc1ccc(C2=CNC3C2=CC=CN3C)cc1OC. The second kappa shape index (κ2) is 4.96. The number of fused-ring (bicyclic) bond motifs is 1. The molecule has 1 N–H and O–H groups in total. The summed E-state index contributed by atoms with van der Waals surface area (Å²) in [7, 11) is 5.36. The standard InChI is InChI=1S/C16H18N2O2/c1-18-8-4-5-12-13(10-17-16(12)18)11-6-7-14(19-2)15(9-11)20-3/h4-10,16-17H,1-3H3. The zero-order valence-corrected chi connectivity index (χ0v) is 11.9. The Morgan fingerprint density at radius 2 is 1.95 bits per heavy atom. The summed E-state index contributed by atoms with van der Waals surface area (Å²) in [6, 6.07) is 6.00. The molecule has 1 unspecified atom stereocenters. The fourth-order valence-corrected chi connectivity index (χ4v) is 2.62. The van der Waals surface area contributed by atoms with E-state index in [1.807, 2.05) is 12.1 Å². The Bertz CT molecular complexity index is 617. The summed E-state index contributed by atoms with van der Waals surface area (Å²) in [6.45, 7) is 0. The largest absolute Gasteiger partial charge is 0.493 e. The normalized spacial score (nSPS) is 19.9. The van der Waals surface area contributed by atoms with Crippen LogP contribution in [0.2, 0.25) is 0 Å². The minimum Gasteiger partial charge on any atom is -0.493 e. The maximum absolute atomic E-state index is 5.38. The Hall–Kier alpha value is -2.36. The highest BCUT2D eigenvalue weighted by Crippen LogP contribution is 2.36. The molecule has 0 aromatic heterocycles. The van der Waals surface area contributed by atoms with Crippen LogP contribution in [0.5, 0.6) is 11.5 Å².